The molecule has 1 nitrogen and oxygen atoms in total. The summed E-state index contributed by atoms with van der Waals surface area (Å²) in [7, 11) is 0. The second kappa shape index (κ2) is 5.22. The van der Waals surface area contributed by atoms with E-state index in [2.05, 4.69) is 13.8 Å². The van der Waals surface area contributed by atoms with E-state index in [0.717, 1.165) is 16.1 Å². The fraction of sp³-hybridized carbons (Fsp3) is 0.364. The van der Waals surface area contributed by atoms with Crippen LogP contribution in [0, 0.1) is 0 Å². The third-order valence-electron chi connectivity index (χ3n) is 2.21. The van der Waals surface area contributed by atoms with E-state index in [1.54, 1.807) is 0 Å². The Morgan fingerprint density at radius 2 is 1.69 bits per heavy atom. The summed E-state index contributed by atoms with van der Waals surface area (Å²) >= 11 is -1.42. The molecule has 1 aromatic rings. The second-order valence-corrected chi connectivity index (χ2v) is 9.46. The van der Waals surface area contributed by atoms with Gasteiger partial charge >= 0.3 is 84.0 Å². The van der Waals surface area contributed by atoms with E-state index in [1.165, 1.54) is 0 Å². The molecule has 1 rings (SSSR count). The molecule has 0 bridgehead atoms. The van der Waals surface area contributed by atoms with Crippen LogP contribution >= 0.6 is 0 Å². The Labute approximate surface area is 84.3 Å². The zero-order valence-corrected chi connectivity index (χ0v) is 10.3. The molecule has 0 aromatic heterocycles. The number of rotatable bonds is 4. The molecular weight excluding hydrogens is 221 g/mol. The average molecular weight is 236 g/mol. The Hall–Kier alpha value is -0.567. The van der Waals surface area contributed by atoms with Crippen molar-refractivity contribution in [3.05, 3.63) is 35.9 Å². The first-order valence-corrected chi connectivity index (χ1v) is 8.75. The number of benzene rings is 1. The van der Waals surface area contributed by atoms with Gasteiger partial charge in [0.1, 0.15) is 0 Å². The van der Waals surface area contributed by atoms with Crippen LogP contribution in [-0.4, -0.2) is 19.0 Å². The summed E-state index contributed by atoms with van der Waals surface area (Å²) in [5.41, 5.74) is 0.918. The molecule has 0 amide bonds. The Morgan fingerprint density at radius 3 is 2.15 bits per heavy atom. The van der Waals surface area contributed by atoms with Gasteiger partial charge in [0.2, 0.25) is 0 Å². The summed E-state index contributed by atoms with van der Waals surface area (Å²) in [6, 6.07) is 9.69. The fourth-order valence-electron chi connectivity index (χ4n) is 1.36. The summed E-state index contributed by atoms with van der Waals surface area (Å²) < 4.78 is 0.450. The zero-order chi connectivity index (χ0) is 9.68. The third kappa shape index (κ3) is 2.69. The molecule has 13 heavy (non-hydrogen) atoms. The number of carbonyl (C=O) groups is 1. The van der Waals surface area contributed by atoms with E-state index in [-0.39, 0.29) is 0 Å². The molecule has 2 heteroatoms. The monoisotopic (exact) mass is 237 g/mol. The molecule has 0 unspecified atom stereocenters. The standard InChI is InChI=1S/C11H15GeO/c1-3-12(4-2)11(13)10-8-6-5-7-9-10/h5-9H,3-4H2,1-2H3. The quantitative estimate of drug-likeness (QED) is 0.734. The van der Waals surface area contributed by atoms with Crippen LogP contribution in [0.4, 0.5) is 0 Å². The van der Waals surface area contributed by atoms with Crippen LogP contribution in [0.5, 0.6) is 0 Å². The summed E-state index contributed by atoms with van der Waals surface area (Å²) in [4.78, 5) is 11.9. The van der Waals surface area contributed by atoms with Gasteiger partial charge in [-0.05, 0) is 0 Å². The molecule has 0 aliphatic heterocycles. The molecular formula is C11H15GeO. The van der Waals surface area contributed by atoms with Gasteiger partial charge in [-0.1, -0.05) is 0 Å². The zero-order valence-electron chi connectivity index (χ0n) is 8.21. The molecule has 0 atom stereocenters. The minimum absolute atomic E-state index is 0.450. The second-order valence-electron chi connectivity index (χ2n) is 3.01. The van der Waals surface area contributed by atoms with Crippen LogP contribution < -0.4 is 0 Å². The van der Waals surface area contributed by atoms with Crippen LogP contribution in [0.1, 0.15) is 24.2 Å². The van der Waals surface area contributed by atoms with Gasteiger partial charge in [-0.15, -0.1) is 0 Å². The Kier molecular flexibility index (Phi) is 4.23. The van der Waals surface area contributed by atoms with E-state index in [0.29, 0.717) is 4.62 Å². The van der Waals surface area contributed by atoms with Crippen molar-refractivity contribution in [1.29, 1.82) is 0 Å². The SMILES string of the molecule is C[CH2][Ge]([CH2]C)[C](=O)c1ccccc1. The van der Waals surface area contributed by atoms with Gasteiger partial charge in [0.15, 0.2) is 0 Å². The number of hydrogen-bond acceptors (Lipinski definition) is 1. The van der Waals surface area contributed by atoms with Gasteiger partial charge in [0.05, 0.1) is 0 Å². The molecule has 1 aromatic carbocycles. The first-order chi connectivity index (χ1) is 6.29. The van der Waals surface area contributed by atoms with E-state index >= 15 is 0 Å². The summed E-state index contributed by atoms with van der Waals surface area (Å²) in [5.74, 6) is 0. The fourth-order valence-corrected chi connectivity index (χ4v) is 4.97. The molecule has 0 aliphatic rings. The van der Waals surface area contributed by atoms with E-state index in [9.17, 15) is 4.79 Å². The minimum atomic E-state index is -1.42. The predicted octanol–water partition coefficient (Wildman–Crippen LogP) is 2.94. The Balaban J connectivity index is 2.78. The maximum absolute atomic E-state index is 11.9. The molecule has 1 radical (unpaired) electrons. The summed E-state index contributed by atoms with van der Waals surface area (Å²) in [5, 5.41) is 2.20. The average Bonchev–Trinajstić information content (AvgIpc) is 2.21. The van der Waals surface area contributed by atoms with Crippen LogP contribution in [-0.2, 0) is 0 Å². The Morgan fingerprint density at radius 1 is 1.15 bits per heavy atom. The van der Waals surface area contributed by atoms with Crippen molar-refractivity contribution in [2.24, 2.45) is 0 Å². The van der Waals surface area contributed by atoms with Gasteiger partial charge in [-0.3, -0.25) is 0 Å². The van der Waals surface area contributed by atoms with Crippen molar-refractivity contribution in [2.75, 3.05) is 0 Å². The van der Waals surface area contributed by atoms with Gasteiger partial charge < -0.3 is 0 Å². The molecule has 0 saturated heterocycles. The van der Waals surface area contributed by atoms with Gasteiger partial charge in [0, 0.05) is 0 Å². The first-order valence-electron chi connectivity index (χ1n) is 4.74. The molecule has 0 fully saturated rings. The van der Waals surface area contributed by atoms with E-state index in [1.807, 2.05) is 30.3 Å². The normalized spacial score (nSPS) is 10.4. The topological polar surface area (TPSA) is 17.1 Å². The van der Waals surface area contributed by atoms with Crippen molar-refractivity contribution in [1.82, 2.24) is 0 Å². The van der Waals surface area contributed by atoms with Crippen molar-refractivity contribution in [2.45, 2.75) is 24.4 Å². The molecule has 0 N–H and O–H groups in total. The summed E-state index contributed by atoms with van der Waals surface area (Å²) in [6.07, 6.45) is 0. The van der Waals surface area contributed by atoms with Gasteiger partial charge in [-0.2, -0.15) is 0 Å². The van der Waals surface area contributed by atoms with Gasteiger partial charge in [0.25, 0.3) is 0 Å². The first kappa shape index (κ1) is 10.5. The molecule has 0 saturated carbocycles. The summed E-state index contributed by atoms with van der Waals surface area (Å²) in [6.45, 7) is 4.28. The van der Waals surface area contributed by atoms with Crippen LogP contribution in [0.25, 0.3) is 0 Å². The third-order valence-corrected chi connectivity index (χ3v) is 7.75. The molecule has 69 valence electrons. The van der Waals surface area contributed by atoms with Crippen molar-refractivity contribution < 1.29 is 4.79 Å². The van der Waals surface area contributed by atoms with Crippen molar-refractivity contribution >= 4 is 19.0 Å². The van der Waals surface area contributed by atoms with Crippen LogP contribution in [0.2, 0.25) is 10.5 Å². The van der Waals surface area contributed by atoms with E-state index < -0.39 is 14.3 Å². The van der Waals surface area contributed by atoms with Gasteiger partial charge in [-0.25, -0.2) is 0 Å². The Bertz CT molecular complexity index is 265. The van der Waals surface area contributed by atoms with Crippen molar-refractivity contribution in [3.63, 3.8) is 0 Å². The predicted molar refractivity (Wildman–Crippen MR) is 57.5 cm³/mol. The molecule has 0 aliphatic carbocycles. The maximum atomic E-state index is 11.9. The number of hydrogen-bond donors (Lipinski definition) is 0. The van der Waals surface area contributed by atoms with Crippen LogP contribution in [0.3, 0.4) is 0 Å². The molecule has 0 heterocycles. The van der Waals surface area contributed by atoms with Crippen LogP contribution in [0.15, 0.2) is 30.3 Å². The molecule has 0 spiro atoms. The van der Waals surface area contributed by atoms with E-state index in [4.69, 9.17) is 0 Å². The number of carbonyl (C=O) groups excluding carboxylic acids is 1. The van der Waals surface area contributed by atoms with Crippen molar-refractivity contribution in [3.8, 4) is 0 Å².